The molecule has 2 aromatic rings. The molecule has 0 saturated heterocycles. The maximum atomic E-state index is 11.4. The lowest BCUT2D eigenvalue weighted by atomic mass is 10.1. The lowest BCUT2D eigenvalue weighted by Crippen LogP contribution is -2.00. The van der Waals surface area contributed by atoms with E-state index in [9.17, 15) is 4.21 Å². The van der Waals surface area contributed by atoms with Gasteiger partial charge in [-0.25, -0.2) is 4.98 Å². The molecule has 0 saturated carbocycles. The van der Waals surface area contributed by atoms with Gasteiger partial charge in [0.05, 0.1) is 6.61 Å². The van der Waals surface area contributed by atoms with Gasteiger partial charge >= 0.3 is 0 Å². The summed E-state index contributed by atoms with van der Waals surface area (Å²) in [5.41, 5.74) is 3.17. The van der Waals surface area contributed by atoms with E-state index in [1.807, 2.05) is 25.1 Å². The SMILES string of the molecule is COCCc1nsc(Nc2cccc(CS(C)=O)c2C)n1. The molecule has 0 aliphatic carbocycles. The monoisotopic (exact) mass is 325 g/mol. The Kier molecular flexibility index (Phi) is 5.84. The maximum absolute atomic E-state index is 11.4. The summed E-state index contributed by atoms with van der Waals surface area (Å²) in [6.07, 6.45) is 2.43. The molecule has 0 radical (unpaired) electrons. The van der Waals surface area contributed by atoms with Gasteiger partial charge in [0.1, 0.15) is 5.82 Å². The molecule has 114 valence electrons. The predicted molar refractivity (Wildman–Crippen MR) is 87.7 cm³/mol. The van der Waals surface area contributed by atoms with E-state index in [-0.39, 0.29) is 0 Å². The first kappa shape index (κ1) is 16.1. The molecule has 1 aromatic carbocycles. The Morgan fingerprint density at radius 2 is 2.24 bits per heavy atom. The number of nitrogens with zero attached hydrogens (tertiary/aromatic N) is 2. The van der Waals surface area contributed by atoms with Crippen molar-refractivity contribution >= 4 is 33.2 Å². The molecule has 7 heteroatoms. The lowest BCUT2D eigenvalue weighted by Gasteiger charge is -2.10. The molecule has 1 aromatic heterocycles. The van der Waals surface area contributed by atoms with Gasteiger partial charge in [-0.2, -0.15) is 4.37 Å². The predicted octanol–water partition coefficient (Wildman–Crippen LogP) is 2.66. The number of hydrogen-bond donors (Lipinski definition) is 1. The van der Waals surface area contributed by atoms with Crippen molar-refractivity contribution in [1.29, 1.82) is 0 Å². The van der Waals surface area contributed by atoms with Gasteiger partial charge in [0.25, 0.3) is 0 Å². The van der Waals surface area contributed by atoms with Crippen LogP contribution in [0.1, 0.15) is 17.0 Å². The maximum Gasteiger partial charge on any atom is 0.207 e. The van der Waals surface area contributed by atoms with Crippen LogP contribution in [-0.4, -0.2) is 33.5 Å². The van der Waals surface area contributed by atoms with Crippen LogP contribution in [0.5, 0.6) is 0 Å². The number of anilines is 2. The Labute approximate surface area is 131 Å². The molecular formula is C14H19N3O2S2. The van der Waals surface area contributed by atoms with Gasteiger partial charge < -0.3 is 10.1 Å². The minimum atomic E-state index is -0.848. The summed E-state index contributed by atoms with van der Waals surface area (Å²) in [5.74, 6) is 1.35. The van der Waals surface area contributed by atoms with Crippen LogP contribution in [0, 0.1) is 6.92 Å². The number of hydrogen-bond acceptors (Lipinski definition) is 6. The zero-order valence-corrected chi connectivity index (χ0v) is 14.0. The molecule has 5 nitrogen and oxygen atoms in total. The quantitative estimate of drug-likeness (QED) is 0.848. The van der Waals surface area contributed by atoms with Gasteiger partial charge in [-0.05, 0) is 24.1 Å². The van der Waals surface area contributed by atoms with Crippen LogP contribution >= 0.6 is 11.5 Å². The third-order valence-electron chi connectivity index (χ3n) is 3.04. The minimum absolute atomic E-state index is 0.566. The Hall–Kier alpha value is -1.31. The normalized spacial score (nSPS) is 12.3. The number of nitrogens with one attached hydrogen (secondary N) is 1. The van der Waals surface area contributed by atoms with E-state index < -0.39 is 10.8 Å². The molecule has 0 amide bonds. The van der Waals surface area contributed by atoms with Gasteiger partial charge in [-0.15, -0.1) is 0 Å². The Morgan fingerprint density at radius 3 is 2.95 bits per heavy atom. The number of methoxy groups -OCH3 is 1. The highest BCUT2D eigenvalue weighted by Crippen LogP contribution is 2.25. The summed E-state index contributed by atoms with van der Waals surface area (Å²) in [6.45, 7) is 2.64. The summed E-state index contributed by atoms with van der Waals surface area (Å²) in [6, 6.07) is 5.96. The Bertz CT molecular complexity index is 628. The highest BCUT2D eigenvalue weighted by Gasteiger charge is 2.09. The van der Waals surface area contributed by atoms with Gasteiger partial charge in [0.2, 0.25) is 5.13 Å². The van der Waals surface area contributed by atoms with E-state index >= 15 is 0 Å². The highest BCUT2D eigenvalue weighted by atomic mass is 32.2. The van der Waals surface area contributed by atoms with Crippen molar-refractivity contribution in [2.75, 3.05) is 25.3 Å². The molecule has 1 unspecified atom stereocenters. The topological polar surface area (TPSA) is 64.1 Å². The molecular weight excluding hydrogens is 306 g/mol. The Balaban J connectivity index is 2.12. The fourth-order valence-electron chi connectivity index (χ4n) is 1.91. The minimum Gasteiger partial charge on any atom is -0.384 e. The average Bonchev–Trinajstić information content (AvgIpc) is 2.88. The van der Waals surface area contributed by atoms with Crippen molar-refractivity contribution in [2.45, 2.75) is 19.1 Å². The molecule has 0 bridgehead atoms. The van der Waals surface area contributed by atoms with Crippen LogP contribution in [0.25, 0.3) is 0 Å². The van der Waals surface area contributed by atoms with Gasteiger partial charge in [0, 0.05) is 53.6 Å². The van der Waals surface area contributed by atoms with E-state index in [1.54, 1.807) is 13.4 Å². The fourth-order valence-corrected chi connectivity index (χ4v) is 3.29. The summed E-state index contributed by atoms with van der Waals surface area (Å²) in [4.78, 5) is 4.43. The van der Waals surface area contributed by atoms with Gasteiger partial charge in [-0.3, -0.25) is 4.21 Å². The summed E-state index contributed by atoms with van der Waals surface area (Å²) in [5, 5.41) is 4.05. The smallest absolute Gasteiger partial charge is 0.207 e. The van der Waals surface area contributed by atoms with Crippen LogP contribution in [0.4, 0.5) is 10.8 Å². The van der Waals surface area contributed by atoms with E-state index in [2.05, 4.69) is 14.7 Å². The largest absolute Gasteiger partial charge is 0.384 e. The molecule has 21 heavy (non-hydrogen) atoms. The number of rotatable bonds is 7. The van der Waals surface area contributed by atoms with E-state index in [4.69, 9.17) is 4.74 Å². The Morgan fingerprint density at radius 1 is 1.43 bits per heavy atom. The number of ether oxygens (including phenoxy) is 1. The van der Waals surface area contributed by atoms with Crippen LogP contribution in [0.2, 0.25) is 0 Å². The summed E-state index contributed by atoms with van der Waals surface area (Å²) < 4.78 is 20.7. The first-order chi connectivity index (χ1) is 10.1. The first-order valence-electron chi connectivity index (χ1n) is 6.57. The molecule has 2 rings (SSSR count). The molecule has 1 heterocycles. The van der Waals surface area contributed by atoms with Crippen LogP contribution < -0.4 is 5.32 Å². The van der Waals surface area contributed by atoms with Crippen LogP contribution in [-0.2, 0) is 27.7 Å². The molecule has 0 aliphatic heterocycles. The second-order valence-electron chi connectivity index (χ2n) is 4.69. The van der Waals surface area contributed by atoms with E-state index in [0.29, 0.717) is 18.8 Å². The van der Waals surface area contributed by atoms with Crippen LogP contribution in [0.3, 0.4) is 0 Å². The summed E-state index contributed by atoms with van der Waals surface area (Å²) >= 11 is 1.34. The van der Waals surface area contributed by atoms with Crippen molar-refractivity contribution in [2.24, 2.45) is 0 Å². The van der Waals surface area contributed by atoms with Crippen LogP contribution in [0.15, 0.2) is 18.2 Å². The third kappa shape index (κ3) is 4.59. The first-order valence-corrected chi connectivity index (χ1v) is 9.07. The van der Waals surface area contributed by atoms with E-state index in [1.165, 1.54) is 11.5 Å². The van der Waals surface area contributed by atoms with Gasteiger partial charge in [-0.1, -0.05) is 12.1 Å². The molecule has 0 fully saturated rings. The van der Waals surface area contributed by atoms with Crippen molar-refractivity contribution in [3.05, 3.63) is 35.2 Å². The number of aromatic nitrogens is 2. The van der Waals surface area contributed by atoms with Crippen molar-refractivity contribution in [3.8, 4) is 0 Å². The summed E-state index contributed by atoms with van der Waals surface area (Å²) in [7, 11) is 0.816. The lowest BCUT2D eigenvalue weighted by molar-refractivity contribution is 0.201. The van der Waals surface area contributed by atoms with Crippen molar-refractivity contribution < 1.29 is 8.95 Å². The zero-order valence-electron chi connectivity index (χ0n) is 12.4. The third-order valence-corrected chi connectivity index (χ3v) is 4.43. The highest BCUT2D eigenvalue weighted by molar-refractivity contribution is 7.83. The number of benzene rings is 1. The van der Waals surface area contributed by atoms with E-state index in [0.717, 1.165) is 27.8 Å². The van der Waals surface area contributed by atoms with Crippen molar-refractivity contribution in [3.63, 3.8) is 0 Å². The zero-order chi connectivity index (χ0) is 15.2. The van der Waals surface area contributed by atoms with Gasteiger partial charge in [0.15, 0.2) is 0 Å². The second-order valence-corrected chi connectivity index (χ2v) is 6.88. The standard InChI is InChI=1S/C14H19N3O2S2/c1-10-11(9-21(3)18)5-4-6-12(10)15-14-16-13(17-20-14)7-8-19-2/h4-6H,7-9H2,1-3H3,(H,15,16,17). The molecule has 0 spiro atoms. The average molecular weight is 325 g/mol. The molecule has 0 aliphatic rings. The fraction of sp³-hybridized carbons (Fsp3) is 0.429. The molecule has 1 atom stereocenters. The van der Waals surface area contributed by atoms with Crippen molar-refractivity contribution in [1.82, 2.24) is 9.36 Å². The molecule has 1 N–H and O–H groups in total. The second kappa shape index (κ2) is 7.63.